The van der Waals surface area contributed by atoms with Gasteiger partial charge in [0.25, 0.3) is 11.8 Å². The number of nitrogens with one attached hydrogen (secondary N) is 2. The van der Waals surface area contributed by atoms with Crippen LogP contribution in [-0.2, 0) is 0 Å². The second-order valence-corrected chi connectivity index (χ2v) is 6.79. The number of rotatable bonds is 7. The lowest BCUT2D eigenvalue weighted by molar-refractivity contribution is 0.0652. The normalized spacial score (nSPS) is 14.8. The van der Waals surface area contributed by atoms with Crippen molar-refractivity contribution in [2.75, 3.05) is 20.1 Å². The molecule has 2 aromatic rings. The standard InChI is InChI=1S/C22H26N4O2/c1-16(17-10-4-3-5-11-17)25-22(23-2)24-14-8-9-15-26-20(27)18-12-6-7-13-19(18)21(26)28/h3-7,10-13,16H,8-9,14-15H2,1-2H3,(H2,23,24,25). The summed E-state index contributed by atoms with van der Waals surface area (Å²) in [5.74, 6) is 0.350. The molecule has 0 fully saturated rings. The van der Waals surface area contributed by atoms with Gasteiger partial charge in [-0.2, -0.15) is 0 Å². The molecule has 0 radical (unpaired) electrons. The van der Waals surface area contributed by atoms with E-state index in [0.717, 1.165) is 18.8 Å². The van der Waals surface area contributed by atoms with Crippen LogP contribution in [0.1, 0.15) is 52.1 Å². The number of amides is 2. The topological polar surface area (TPSA) is 73.8 Å². The highest BCUT2D eigenvalue weighted by Gasteiger charge is 2.34. The number of hydrogen-bond acceptors (Lipinski definition) is 3. The summed E-state index contributed by atoms with van der Waals surface area (Å²) in [7, 11) is 1.74. The van der Waals surface area contributed by atoms with Crippen molar-refractivity contribution in [2.45, 2.75) is 25.8 Å². The largest absolute Gasteiger partial charge is 0.356 e. The molecule has 0 spiro atoms. The van der Waals surface area contributed by atoms with Crippen LogP contribution < -0.4 is 10.6 Å². The molecule has 1 heterocycles. The average Bonchev–Trinajstić information content (AvgIpc) is 2.98. The van der Waals surface area contributed by atoms with Crippen LogP contribution in [0.5, 0.6) is 0 Å². The third-order valence-corrected chi connectivity index (χ3v) is 4.86. The van der Waals surface area contributed by atoms with Crippen LogP contribution in [0.15, 0.2) is 59.6 Å². The number of carbonyl (C=O) groups excluding carboxylic acids is 2. The lowest BCUT2D eigenvalue weighted by Gasteiger charge is -2.18. The Hall–Kier alpha value is -3.15. The first-order valence-corrected chi connectivity index (χ1v) is 9.59. The van der Waals surface area contributed by atoms with Gasteiger partial charge in [-0.05, 0) is 37.5 Å². The second kappa shape index (κ2) is 9.17. The van der Waals surface area contributed by atoms with E-state index >= 15 is 0 Å². The highest BCUT2D eigenvalue weighted by atomic mass is 16.2. The predicted octanol–water partition coefficient (Wildman–Crippen LogP) is 2.99. The third-order valence-electron chi connectivity index (χ3n) is 4.86. The maximum absolute atomic E-state index is 12.3. The molecule has 2 amide bonds. The molecular weight excluding hydrogens is 352 g/mol. The Labute approximate surface area is 165 Å². The van der Waals surface area contributed by atoms with E-state index in [1.165, 1.54) is 10.5 Å². The molecule has 0 aliphatic carbocycles. The van der Waals surface area contributed by atoms with E-state index in [0.29, 0.717) is 24.2 Å². The quantitative estimate of drug-likeness (QED) is 0.336. The zero-order valence-electron chi connectivity index (χ0n) is 16.3. The average molecular weight is 378 g/mol. The van der Waals surface area contributed by atoms with E-state index in [9.17, 15) is 9.59 Å². The highest BCUT2D eigenvalue weighted by molar-refractivity contribution is 6.21. The molecule has 146 valence electrons. The summed E-state index contributed by atoms with van der Waals surface area (Å²) in [6, 6.07) is 17.3. The molecule has 1 atom stereocenters. The molecule has 0 saturated carbocycles. The number of hydrogen-bond donors (Lipinski definition) is 2. The third kappa shape index (κ3) is 4.39. The maximum Gasteiger partial charge on any atom is 0.261 e. The minimum atomic E-state index is -0.192. The van der Waals surface area contributed by atoms with E-state index in [2.05, 4.69) is 34.7 Å². The fourth-order valence-corrected chi connectivity index (χ4v) is 3.27. The van der Waals surface area contributed by atoms with Crippen LogP contribution in [0.3, 0.4) is 0 Å². The van der Waals surface area contributed by atoms with Crippen LogP contribution in [0.4, 0.5) is 0 Å². The summed E-state index contributed by atoms with van der Waals surface area (Å²) in [5, 5.41) is 6.65. The summed E-state index contributed by atoms with van der Waals surface area (Å²) in [6.07, 6.45) is 1.57. The van der Waals surface area contributed by atoms with E-state index < -0.39 is 0 Å². The van der Waals surface area contributed by atoms with Gasteiger partial charge in [-0.15, -0.1) is 0 Å². The van der Waals surface area contributed by atoms with Crippen LogP contribution in [0.25, 0.3) is 0 Å². The Morgan fingerprint density at radius 2 is 1.57 bits per heavy atom. The molecule has 0 bridgehead atoms. The zero-order chi connectivity index (χ0) is 19.9. The zero-order valence-corrected chi connectivity index (χ0v) is 16.3. The minimum Gasteiger partial charge on any atom is -0.356 e. The molecule has 3 rings (SSSR count). The molecule has 1 aliphatic heterocycles. The summed E-state index contributed by atoms with van der Waals surface area (Å²) < 4.78 is 0. The smallest absolute Gasteiger partial charge is 0.261 e. The Balaban J connectivity index is 1.41. The lowest BCUT2D eigenvalue weighted by Crippen LogP contribution is -2.39. The van der Waals surface area contributed by atoms with Crippen molar-refractivity contribution in [1.82, 2.24) is 15.5 Å². The molecule has 6 heteroatoms. The van der Waals surface area contributed by atoms with E-state index in [-0.39, 0.29) is 17.9 Å². The number of imide groups is 1. The fourth-order valence-electron chi connectivity index (χ4n) is 3.27. The number of unbranched alkanes of at least 4 members (excludes halogenated alkanes) is 1. The Bertz CT molecular complexity index is 829. The first kappa shape index (κ1) is 19.6. The van der Waals surface area contributed by atoms with Gasteiger partial charge >= 0.3 is 0 Å². The van der Waals surface area contributed by atoms with Crippen LogP contribution in [0, 0.1) is 0 Å². The number of benzene rings is 2. The van der Waals surface area contributed by atoms with Gasteiger partial charge in [-0.25, -0.2) is 0 Å². The van der Waals surface area contributed by atoms with Crippen molar-refractivity contribution in [3.8, 4) is 0 Å². The molecule has 6 nitrogen and oxygen atoms in total. The monoisotopic (exact) mass is 378 g/mol. The number of guanidine groups is 1. The first-order chi connectivity index (χ1) is 13.6. The van der Waals surface area contributed by atoms with Crippen molar-refractivity contribution in [3.63, 3.8) is 0 Å². The van der Waals surface area contributed by atoms with Gasteiger partial charge in [0.15, 0.2) is 5.96 Å². The van der Waals surface area contributed by atoms with Gasteiger partial charge in [0.2, 0.25) is 0 Å². The predicted molar refractivity (Wildman–Crippen MR) is 110 cm³/mol. The second-order valence-electron chi connectivity index (χ2n) is 6.79. The van der Waals surface area contributed by atoms with Gasteiger partial charge < -0.3 is 10.6 Å². The first-order valence-electron chi connectivity index (χ1n) is 9.59. The van der Waals surface area contributed by atoms with Gasteiger partial charge in [0.1, 0.15) is 0 Å². The summed E-state index contributed by atoms with van der Waals surface area (Å²) in [4.78, 5) is 30.3. The molecule has 2 aromatic carbocycles. The van der Waals surface area contributed by atoms with E-state index in [1.54, 1.807) is 31.3 Å². The van der Waals surface area contributed by atoms with E-state index in [4.69, 9.17) is 0 Å². The summed E-state index contributed by atoms with van der Waals surface area (Å²) in [5.41, 5.74) is 2.20. The number of fused-ring (bicyclic) bond motifs is 1. The number of carbonyl (C=O) groups is 2. The molecular formula is C22H26N4O2. The number of nitrogens with zero attached hydrogens (tertiary/aromatic N) is 2. The van der Waals surface area contributed by atoms with Crippen LogP contribution in [-0.4, -0.2) is 42.8 Å². The van der Waals surface area contributed by atoms with Crippen LogP contribution >= 0.6 is 0 Å². The summed E-state index contributed by atoms with van der Waals surface area (Å²) >= 11 is 0. The minimum absolute atomic E-state index is 0.144. The summed E-state index contributed by atoms with van der Waals surface area (Å²) in [6.45, 7) is 3.23. The van der Waals surface area contributed by atoms with Crippen molar-refractivity contribution in [3.05, 3.63) is 71.3 Å². The van der Waals surface area contributed by atoms with Crippen molar-refractivity contribution < 1.29 is 9.59 Å². The van der Waals surface area contributed by atoms with Gasteiger partial charge in [0.05, 0.1) is 17.2 Å². The Morgan fingerprint density at radius 1 is 0.964 bits per heavy atom. The Kier molecular flexibility index (Phi) is 6.42. The van der Waals surface area contributed by atoms with E-state index in [1.807, 2.05) is 18.2 Å². The SMILES string of the molecule is CN=C(NCCCCN1C(=O)c2ccccc2C1=O)NC(C)c1ccccc1. The molecule has 0 aromatic heterocycles. The lowest BCUT2D eigenvalue weighted by atomic mass is 10.1. The molecule has 1 unspecified atom stereocenters. The highest BCUT2D eigenvalue weighted by Crippen LogP contribution is 2.22. The molecule has 1 aliphatic rings. The molecule has 28 heavy (non-hydrogen) atoms. The molecule has 2 N–H and O–H groups in total. The van der Waals surface area contributed by atoms with Crippen molar-refractivity contribution >= 4 is 17.8 Å². The number of aliphatic imine (C=N–C) groups is 1. The maximum atomic E-state index is 12.3. The van der Waals surface area contributed by atoms with Crippen molar-refractivity contribution in [1.29, 1.82) is 0 Å². The van der Waals surface area contributed by atoms with Gasteiger partial charge in [0, 0.05) is 20.1 Å². The Morgan fingerprint density at radius 3 is 2.18 bits per heavy atom. The van der Waals surface area contributed by atoms with Gasteiger partial charge in [-0.3, -0.25) is 19.5 Å². The van der Waals surface area contributed by atoms with Crippen LogP contribution in [0.2, 0.25) is 0 Å². The molecule has 0 saturated heterocycles. The van der Waals surface area contributed by atoms with Gasteiger partial charge in [-0.1, -0.05) is 42.5 Å². The van der Waals surface area contributed by atoms with Crippen molar-refractivity contribution in [2.24, 2.45) is 4.99 Å². The fraction of sp³-hybridized carbons (Fsp3) is 0.318.